The van der Waals surface area contributed by atoms with Crippen LogP contribution in [0, 0.1) is 5.41 Å². The van der Waals surface area contributed by atoms with E-state index in [2.05, 4.69) is 17.4 Å². The molecule has 1 aliphatic carbocycles. The van der Waals surface area contributed by atoms with E-state index in [1.807, 2.05) is 39.8 Å². The van der Waals surface area contributed by atoms with E-state index in [0.717, 1.165) is 18.6 Å². The largest absolute Gasteiger partial charge is 0.494 e. The van der Waals surface area contributed by atoms with E-state index in [-0.39, 0.29) is 16.9 Å². The summed E-state index contributed by atoms with van der Waals surface area (Å²) in [6.45, 7) is 8.47. The summed E-state index contributed by atoms with van der Waals surface area (Å²) in [5.74, 6) is 0.989. The van der Waals surface area contributed by atoms with Gasteiger partial charge < -0.3 is 10.1 Å². The van der Waals surface area contributed by atoms with Crippen LogP contribution in [0.2, 0.25) is 0 Å². The lowest BCUT2D eigenvalue weighted by atomic mass is 9.94. The topological polar surface area (TPSA) is 38.3 Å². The summed E-state index contributed by atoms with van der Waals surface area (Å²) in [5, 5.41) is 3.20. The highest BCUT2D eigenvalue weighted by Gasteiger charge is 2.46. The van der Waals surface area contributed by atoms with Crippen LogP contribution < -0.4 is 10.1 Å². The van der Waals surface area contributed by atoms with Crippen LogP contribution in [0.5, 0.6) is 5.75 Å². The SMILES string of the molecule is CCOc1ccc(C2(NC(=O)C(C)(C)C)CC2)cc1. The minimum atomic E-state index is -0.346. The van der Waals surface area contributed by atoms with Gasteiger partial charge in [0.25, 0.3) is 0 Å². The first-order chi connectivity index (χ1) is 8.87. The third-order valence-electron chi connectivity index (χ3n) is 3.50. The molecule has 1 saturated carbocycles. The molecule has 0 unspecified atom stereocenters. The summed E-state index contributed by atoms with van der Waals surface area (Å²) < 4.78 is 5.44. The number of hydrogen-bond donors (Lipinski definition) is 1. The molecule has 0 saturated heterocycles. The standard InChI is InChI=1S/C16H23NO2/c1-5-19-13-8-6-12(7-9-13)16(10-11-16)17-14(18)15(2,3)4/h6-9H,5,10-11H2,1-4H3,(H,17,18). The van der Waals surface area contributed by atoms with Gasteiger partial charge in [-0.2, -0.15) is 0 Å². The second-order valence-corrected chi connectivity index (χ2v) is 6.24. The van der Waals surface area contributed by atoms with Gasteiger partial charge in [-0.3, -0.25) is 4.79 Å². The van der Waals surface area contributed by atoms with E-state index in [0.29, 0.717) is 6.61 Å². The molecule has 1 amide bonds. The van der Waals surface area contributed by atoms with Gasteiger partial charge >= 0.3 is 0 Å². The number of amides is 1. The van der Waals surface area contributed by atoms with Crippen LogP contribution in [0.15, 0.2) is 24.3 Å². The van der Waals surface area contributed by atoms with Crippen LogP contribution >= 0.6 is 0 Å². The average molecular weight is 261 g/mol. The molecule has 1 aromatic rings. The van der Waals surface area contributed by atoms with E-state index >= 15 is 0 Å². The Morgan fingerprint density at radius 2 is 1.84 bits per heavy atom. The number of carbonyl (C=O) groups is 1. The molecule has 1 fully saturated rings. The van der Waals surface area contributed by atoms with Crippen molar-refractivity contribution in [2.24, 2.45) is 5.41 Å². The zero-order chi connectivity index (χ0) is 14.1. The van der Waals surface area contributed by atoms with Crippen LogP contribution in [0.4, 0.5) is 0 Å². The zero-order valence-electron chi connectivity index (χ0n) is 12.2. The zero-order valence-corrected chi connectivity index (χ0v) is 12.2. The molecule has 1 N–H and O–H groups in total. The number of nitrogens with one attached hydrogen (secondary N) is 1. The Bertz CT molecular complexity index is 453. The summed E-state index contributed by atoms with van der Waals surface area (Å²) in [6.07, 6.45) is 2.03. The maximum absolute atomic E-state index is 12.1. The molecule has 104 valence electrons. The van der Waals surface area contributed by atoms with Crippen molar-refractivity contribution < 1.29 is 9.53 Å². The first-order valence-corrected chi connectivity index (χ1v) is 6.93. The Morgan fingerprint density at radius 3 is 2.26 bits per heavy atom. The molecule has 0 aromatic heterocycles. The number of hydrogen-bond acceptors (Lipinski definition) is 2. The molecule has 2 rings (SSSR count). The second-order valence-electron chi connectivity index (χ2n) is 6.24. The van der Waals surface area contributed by atoms with E-state index in [1.165, 1.54) is 5.56 Å². The Kier molecular flexibility index (Phi) is 3.57. The molecule has 0 bridgehead atoms. The maximum atomic E-state index is 12.1. The van der Waals surface area contributed by atoms with Crippen LogP contribution in [0.3, 0.4) is 0 Å². The Labute approximate surface area is 115 Å². The van der Waals surface area contributed by atoms with Crippen LogP contribution in [0.25, 0.3) is 0 Å². The van der Waals surface area contributed by atoms with E-state index < -0.39 is 0 Å². The predicted molar refractivity (Wildman–Crippen MR) is 76.1 cm³/mol. The van der Waals surface area contributed by atoms with E-state index in [9.17, 15) is 4.79 Å². The van der Waals surface area contributed by atoms with E-state index in [1.54, 1.807) is 0 Å². The highest BCUT2D eigenvalue weighted by molar-refractivity contribution is 5.82. The highest BCUT2D eigenvalue weighted by atomic mass is 16.5. The third kappa shape index (κ3) is 3.09. The third-order valence-corrected chi connectivity index (χ3v) is 3.50. The minimum Gasteiger partial charge on any atom is -0.494 e. The van der Waals surface area contributed by atoms with Gasteiger partial charge in [0.2, 0.25) is 5.91 Å². The summed E-state index contributed by atoms with van der Waals surface area (Å²) in [7, 11) is 0. The highest BCUT2D eigenvalue weighted by Crippen LogP contribution is 2.46. The number of rotatable bonds is 4. The van der Waals surface area contributed by atoms with Crippen molar-refractivity contribution >= 4 is 5.91 Å². The Hall–Kier alpha value is -1.51. The quantitative estimate of drug-likeness (QED) is 0.903. The van der Waals surface area contributed by atoms with Gasteiger partial charge in [-0.25, -0.2) is 0 Å². The normalized spacial score (nSPS) is 16.8. The van der Waals surface area contributed by atoms with E-state index in [4.69, 9.17) is 4.74 Å². The fourth-order valence-electron chi connectivity index (χ4n) is 2.05. The number of carbonyl (C=O) groups excluding carboxylic acids is 1. The molecule has 0 aliphatic heterocycles. The van der Waals surface area contributed by atoms with Crippen LogP contribution in [-0.2, 0) is 10.3 Å². The van der Waals surface area contributed by atoms with Gasteiger partial charge in [0, 0.05) is 5.41 Å². The molecular formula is C16H23NO2. The summed E-state index contributed by atoms with van der Waals surface area (Å²) in [5.41, 5.74) is 0.684. The molecule has 0 heterocycles. The lowest BCUT2D eigenvalue weighted by Crippen LogP contribution is -2.41. The van der Waals surface area contributed by atoms with Crippen molar-refractivity contribution in [3.05, 3.63) is 29.8 Å². The fourth-order valence-corrected chi connectivity index (χ4v) is 2.05. The van der Waals surface area contributed by atoms with Gasteiger partial charge in [-0.1, -0.05) is 32.9 Å². The van der Waals surface area contributed by atoms with Crippen LogP contribution in [0.1, 0.15) is 46.1 Å². The molecular weight excluding hydrogens is 238 g/mol. The number of ether oxygens (including phenoxy) is 1. The van der Waals surface area contributed by atoms with Crippen molar-refractivity contribution in [2.75, 3.05) is 6.61 Å². The van der Waals surface area contributed by atoms with Gasteiger partial charge in [-0.15, -0.1) is 0 Å². The fraction of sp³-hybridized carbons (Fsp3) is 0.562. The van der Waals surface area contributed by atoms with Gasteiger partial charge in [0.15, 0.2) is 0 Å². The van der Waals surface area contributed by atoms with Crippen molar-refractivity contribution in [1.29, 1.82) is 0 Å². The smallest absolute Gasteiger partial charge is 0.226 e. The molecule has 3 nitrogen and oxygen atoms in total. The molecule has 19 heavy (non-hydrogen) atoms. The molecule has 1 aliphatic rings. The lowest BCUT2D eigenvalue weighted by Gasteiger charge is -2.24. The molecule has 1 aromatic carbocycles. The van der Waals surface area contributed by atoms with Crippen molar-refractivity contribution in [2.45, 2.75) is 46.1 Å². The molecule has 0 spiro atoms. The van der Waals surface area contributed by atoms with Gasteiger partial charge in [0.1, 0.15) is 5.75 Å². The molecule has 3 heteroatoms. The molecule has 0 atom stereocenters. The first kappa shape index (κ1) is 13.9. The Balaban J connectivity index is 2.10. The Morgan fingerprint density at radius 1 is 1.26 bits per heavy atom. The number of benzene rings is 1. The van der Waals surface area contributed by atoms with Crippen LogP contribution in [-0.4, -0.2) is 12.5 Å². The first-order valence-electron chi connectivity index (χ1n) is 6.93. The summed E-state index contributed by atoms with van der Waals surface area (Å²) in [6, 6.07) is 8.06. The van der Waals surface area contributed by atoms with Gasteiger partial charge in [0.05, 0.1) is 12.1 Å². The van der Waals surface area contributed by atoms with Gasteiger partial charge in [-0.05, 0) is 37.5 Å². The summed E-state index contributed by atoms with van der Waals surface area (Å²) >= 11 is 0. The monoisotopic (exact) mass is 261 g/mol. The second kappa shape index (κ2) is 4.87. The average Bonchev–Trinajstić information content (AvgIpc) is 3.10. The minimum absolute atomic E-state index is 0.110. The molecule has 0 radical (unpaired) electrons. The lowest BCUT2D eigenvalue weighted by molar-refractivity contribution is -0.129. The van der Waals surface area contributed by atoms with Crippen molar-refractivity contribution in [3.63, 3.8) is 0 Å². The predicted octanol–water partition coefficient (Wildman–Crippen LogP) is 3.24. The van der Waals surface area contributed by atoms with Crippen molar-refractivity contribution in [3.8, 4) is 5.75 Å². The van der Waals surface area contributed by atoms with Crippen molar-refractivity contribution in [1.82, 2.24) is 5.32 Å². The maximum Gasteiger partial charge on any atom is 0.226 e. The summed E-state index contributed by atoms with van der Waals surface area (Å²) in [4.78, 5) is 12.1.